The Morgan fingerprint density at radius 1 is 1.15 bits per heavy atom. The average Bonchev–Trinajstić information content (AvgIpc) is 2.67. The van der Waals surface area contributed by atoms with E-state index in [0.29, 0.717) is 6.54 Å². The van der Waals surface area contributed by atoms with Crippen molar-refractivity contribution in [3.63, 3.8) is 0 Å². The second kappa shape index (κ2) is 5.77. The van der Waals surface area contributed by atoms with Gasteiger partial charge in [0.1, 0.15) is 5.75 Å². The lowest BCUT2D eigenvalue weighted by molar-refractivity contribution is 0.185. The van der Waals surface area contributed by atoms with Crippen molar-refractivity contribution in [1.82, 2.24) is 0 Å². The van der Waals surface area contributed by atoms with Crippen molar-refractivity contribution < 1.29 is 9.84 Å². The summed E-state index contributed by atoms with van der Waals surface area (Å²) in [5.74, 6) is 0.834. The summed E-state index contributed by atoms with van der Waals surface area (Å²) >= 11 is 1.70. The van der Waals surface area contributed by atoms with E-state index in [1.807, 2.05) is 42.5 Å². The molecule has 0 saturated heterocycles. The summed E-state index contributed by atoms with van der Waals surface area (Å²) in [6.07, 6.45) is -0.430. The maximum absolute atomic E-state index is 10.4. The van der Waals surface area contributed by atoms with Crippen molar-refractivity contribution in [3.05, 3.63) is 54.1 Å². The fourth-order valence-electron chi connectivity index (χ4n) is 2.34. The van der Waals surface area contributed by atoms with Crippen LogP contribution in [-0.2, 0) is 0 Å². The number of fused-ring (bicyclic) bond motifs is 1. The van der Waals surface area contributed by atoms with Crippen molar-refractivity contribution in [1.29, 1.82) is 0 Å². The Kier molecular flexibility index (Phi) is 3.85. The van der Waals surface area contributed by atoms with Gasteiger partial charge in [0.2, 0.25) is 0 Å². The minimum atomic E-state index is -0.430. The first-order valence-corrected chi connectivity index (χ1v) is 7.47. The van der Waals surface area contributed by atoms with Crippen LogP contribution in [0.4, 0.5) is 5.69 Å². The van der Waals surface area contributed by atoms with Crippen LogP contribution >= 0.6 is 11.8 Å². The third-order valence-electron chi connectivity index (χ3n) is 3.44. The van der Waals surface area contributed by atoms with Gasteiger partial charge in [-0.25, -0.2) is 0 Å². The van der Waals surface area contributed by atoms with Gasteiger partial charge in [-0.15, -0.1) is 11.8 Å². The molecule has 1 aliphatic heterocycles. The minimum absolute atomic E-state index is 0.0251. The normalized spacial score (nSPS) is 21.5. The van der Waals surface area contributed by atoms with Crippen LogP contribution in [0, 0.1) is 0 Å². The Bertz CT molecular complexity index is 585. The van der Waals surface area contributed by atoms with Crippen LogP contribution in [0.25, 0.3) is 0 Å². The molecule has 20 heavy (non-hydrogen) atoms. The van der Waals surface area contributed by atoms with Gasteiger partial charge in [0, 0.05) is 17.1 Å². The zero-order valence-electron chi connectivity index (χ0n) is 11.2. The number of methoxy groups -OCH3 is 1. The molecule has 3 nitrogen and oxygen atoms in total. The number of aliphatic hydroxyl groups excluding tert-OH is 1. The molecular formula is C16H17NO2S. The molecular weight excluding hydrogens is 270 g/mol. The predicted octanol–water partition coefficient (Wildman–Crippen LogP) is 3.32. The topological polar surface area (TPSA) is 41.5 Å². The third-order valence-corrected chi connectivity index (χ3v) is 4.89. The number of ether oxygens (including phenoxy) is 1. The van der Waals surface area contributed by atoms with Crippen LogP contribution in [0.5, 0.6) is 5.75 Å². The van der Waals surface area contributed by atoms with E-state index in [1.54, 1.807) is 18.9 Å². The number of hydrogen-bond acceptors (Lipinski definition) is 4. The molecule has 0 spiro atoms. The molecule has 2 aromatic carbocycles. The van der Waals surface area contributed by atoms with E-state index in [2.05, 4.69) is 11.4 Å². The Labute approximate surface area is 123 Å². The van der Waals surface area contributed by atoms with E-state index in [-0.39, 0.29) is 5.25 Å². The molecule has 2 aromatic rings. The summed E-state index contributed by atoms with van der Waals surface area (Å²) in [5, 5.41) is 13.7. The summed E-state index contributed by atoms with van der Waals surface area (Å²) in [6.45, 7) is 0.556. The molecule has 0 unspecified atom stereocenters. The zero-order valence-corrected chi connectivity index (χ0v) is 12.1. The minimum Gasteiger partial charge on any atom is -0.497 e. The number of thioether (sulfide) groups is 1. The van der Waals surface area contributed by atoms with Crippen LogP contribution < -0.4 is 10.1 Å². The van der Waals surface area contributed by atoms with Crippen LogP contribution in [0.2, 0.25) is 0 Å². The summed E-state index contributed by atoms with van der Waals surface area (Å²) < 4.78 is 5.18. The number of anilines is 1. The lowest BCUT2D eigenvalue weighted by atomic mass is 10.1. The van der Waals surface area contributed by atoms with Gasteiger partial charge in [-0.1, -0.05) is 24.3 Å². The largest absolute Gasteiger partial charge is 0.497 e. The number of nitrogens with one attached hydrogen (secondary N) is 1. The van der Waals surface area contributed by atoms with Gasteiger partial charge < -0.3 is 15.2 Å². The lowest BCUT2D eigenvalue weighted by Crippen LogP contribution is -2.23. The quantitative estimate of drug-likeness (QED) is 0.889. The molecule has 1 aliphatic rings. The Hall–Kier alpha value is -1.65. The highest BCUT2D eigenvalue weighted by Crippen LogP contribution is 2.43. The molecule has 0 radical (unpaired) electrons. The summed E-state index contributed by atoms with van der Waals surface area (Å²) in [6, 6.07) is 16.1. The number of benzene rings is 2. The van der Waals surface area contributed by atoms with E-state index < -0.39 is 6.10 Å². The molecule has 0 bridgehead atoms. The van der Waals surface area contributed by atoms with Gasteiger partial charge in [-0.2, -0.15) is 0 Å². The van der Waals surface area contributed by atoms with Crippen molar-refractivity contribution in [3.8, 4) is 5.75 Å². The van der Waals surface area contributed by atoms with Gasteiger partial charge in [0.25, 0.3) is 0 Å². The molecule has 3 rings (SSSR count). The van der Waals surface area contributed by atoms with Crippen molar-refractivity contribution >= 4 is 17.4 Å². The first-order chi connectivity index (χ1) is 9.78. The molecule has 4 heteroatoms. The van der Waals surface area contributed by atoms with Crippen LogP contribution in [0.15, 0.2) is 53.4 Å². The van der Waals surface area contributed by atoms with Gasteiger partial charge >= 0.3 is 0 Å². The standard InChI is InChI=1S/C16H17NO2S/c1-19-12-8-6-11(7-9-12)16-14(18)10-17-13-4-2-3-5-15(13)20-16/h2-9,14,16-18H,10H2,1H3/t14-,16+/m1/s1. The lowest BCUT2D eigenvalue weighted by Gasteiger charge is -2.20. The number of hydrogen-bond donors (Lipinski definition) is 2. The number of β-amino-alcohol motifs (C(OH)–C–C–N with tert-alkyl or cyclic N) is 1. The van der Waals surface area contributed by atoms with Crippen molar-refractivity contribution in [2.45, 2.75) is 16.2 Å². The SMILES string of the molecule is COc1ccc([C@@H]2Sc3ccccc3NC[C@H]2O)cc1. The second-order valence-electron chi connectivity index (χ2n) is 4.76. The molecule has 2 N–H and O–H groups in total. The smallest absolute Gasteiger partial charge is 0.118 e. The maximum Gasteiger partial charge on any atom is 0.118 e. The molecule has 104 valence electrons. The van der Waals surface area contributed by atoms with Crippen LogP contribution in [0.1, 0.15) is 10.8 Å². The molecule has 0 fully saturated rings. The van der Waals surface area contributed by atoms with Gasteiger partial charge in [0.05, 0.1) is 18.5 Å². The first-order valence-electron chi connectivity index (χ1n) is 6.59. The van der Waals surface area contributed by atoms with Crippen molar-refractivity contribution in [2.24, 2.45) is 0 Å². The third kappa shape index (κ3) is 2.62. The molecule has 0 aromatic heterocycles. The number of para-hydroxylation sites is 1. The fraction of sp³-hybridized carbons (Fsp3) is 0.250. The van der Waals surface area contributed by atoms with E-state index in [0.717, 1.165) is 17.0 Å². The highest BCUT2D eigenvalue weighted by molar-refractivity contribution is 7.99. The van der Waals surface area contributed by atoms with Gasteiger partial charge in [0.15, 0.2) is 0 Å². The van der Waals surface area contributed by atoms with Crippen molar-refractivity contribution in [2.75, 3.05) is 19.0 Å². The predicted molar refractivity (Wildman–Crippen MR) is 82.5 cm³/mol. The van der Waals surface area contributed by atoms with E-state index in [4.69, 9.17) is 4.74 Å². The Morgan fingerprint density at radius 3 is 2.65 bits per heavy atom. The van der Waals surface area contributed by atoms with Gasteiger partial charge in [-0.3, -0.25) is 0 Å². The molecule has 0 amide bonds. The van der Waals surface area contributed by atoms with E-state index in [9.17, 15) is 5.11 Å². The zero-order chi connectivity index (χ0) is 13.9. The molecule has 0 aliphatic carbocycles. The first kappa shape index (κ1) is 13.3. The van der Waals surface area contributed by atoms with Crippen LogP contribution in [0.3, 0.4) is 0 Å². The van der Waals surface area contributed by atoms with Crippen LogP contribution in [-0.4, -0.2) is 24.9 Å². The molecule has 1 heterocycles. The van der Waals surface area contributed by atoms with E-state index >= 15 is 0 Å². The summed E-state index contributed by atoms with van der Waals surface area (Å²) in [4.78, 5) is 1.17. The highest BCUT2D eigenvalue weighted by Gasteiger charge is 2.26. The summed E-state index contributed by atoms with van der Waals surface area (Å²) in [5.41, 5.74) is 2.20. The van der Waals surface area contributed by atoms with E-state index in [1.165, 1.54) is 4.90 Å². The Balaban J connectivity index is 1.91. The molecule has 0 saturated carbocycles. The monoisotopic (exact) mass is 287 g/mol. The highest BCUT2D eigenvalue weighted by atomic mass is 32.2. The average molecular weight is 287 g/mol. The number of rotatable bonds is 2. The van der Waals surface area contributed by atoms with Gasteiger partial charge in [-0.05, 0) is 29.8 Å². The fourth-order valence-corrected chi connectivity index (χ4v) is 3.58. The maximum atomic E-state index is 10.4. The summed E-state index contributed by atoms with van der Waals surface area (Å²) in [7, 11) is 1.66. The second-order valence-corrected chi connectivity index (χ2v) is 5.94. The Morgan fingerprint density at radius 2 is 1.90 bits per heavy atom. The number of aliphatic hydroxyl groups is 1. The molecule has 2 atom stereocenters.